The van der Waals surface area contributed by atoms with E-state index in [1.54, 1.807) is 7.11 Å². The number of benzene rings is 1. The Bertz CT molecular complexity index is 815. The zero-order valence-corrected chi connectivity index (χ0v) is 20.9. The number of aromatic nitrogens is 2. The van der Waals surface area contributed by atoms with Crippen molar-refractivity contribution < 1.29 is 4.74 Å². The van der Waals surface area contributed by atoms with Gasteiger partial charge in [0.05, 0.1) is 19.3 Å². The van der Waals surface area contributed by atoms with Gasteiger partial charge in [-0.25, -0.2) is 0 Å². The summed E-state index contributed by atoms with van der Waals surface area (Å²) in [4.78, 5) is 11.4. The van der Waals surface area contributed by atoms with Gasteiger partial charge in [-0.3, -0.25) is 9.67 Å². The van der Waals surface area contributed by atoms with Crippen LogP contribution in [-0.4, -0.2) is 86.5 Å². The number of guanidine groups is 1. The topological polar surface area (TPSA) is 61.2 Å². The number of aryl methyl sites for hydroxylation is 1. The quantitative estimate of drug-likeness (QED) is 0.353. The molecular formula is C21H34IN7O. The van der Waals surface area contributed by atoms with E-state index >= 15 is 0 Å². The predicted molar refractivity (Wildman–Crippen MR) is 133 cm³/mol. The molecule has 1 aromatic heterocycles. The lowest BCUT2D eigenvalue weighted by Crippen LogP contribution is -2.53. The molecule has 0 aliphatic carbocycles. The van der Waals surface area contributed by atoms with Crippen LogP contribution in [0.3, 0.4) is 0 Å². The molecule has 0 saturated carbocycles. The van der Waals surface area contributed by atoms with Crippen LogP contribution < -0.4 is 15.0 Å². The zero-order valence-electron chi connectivity index (χ0n) is 18.6. The van der Waals surface area contributed by atoms with Gasteiger partial charge in [0.25, 0.3) is 0 Å². The van der Waals surface area contributed by atoms with Gasteiger partial charge in [-0.2, -0.15) is 5.10 Å². The lowest BCUT2D eigenvalue weighted by Gasteiger charge is -2.38. The second-order valence-corrected chi connectivity index (χ2v) is 7.53. The fourth-order valence-electron chi connectivity index (χ4n) is 3.71. The first-order valence-electron chi connectivity index (χ1n) is 10.0. The third-order valence-corrected chi connectivity index (χ3v) is 5.40. The molecule has 1 fully saturated rings. The molecule has 1 aromatic carbocycles. The Morgan fingerprint density at radius 1 is 1.27 bits per heavy atom. The van der Waals surface area contributed by atoms with Crippen molar-refractivity contribution in [2.45, 2.75) is 6.04 Å². The smallest absolute Gasteiger partial charge is 0.193 e. The van der Waals surface area contributed by atoms with E-state index in [2.05, 4.69) is 62.5 Å². The lowest BCUT2D eigenvalue weighted by atomic mass is 10.1. The molecule has 0 bridgehead atoms. The molecule has 2 heterocycles. The molecule has 1 aliphatic heterocycles. The Morgan fingerprint density at radius 3 is 2.57 bits per heavy atom. The first-order chi connectivity index (χ1) is 14.0. The number of aliphatic imine (C=N–C) groups is 1. The van der Waals surface area contributed by atoms with E-state index < -0.39 is 0 Å². The summed E-state index contributed by atoms with van der Waals surface area (Å²) in [5.41, 5.74) is 2.40. The van der Waals surface area contributed by atoms with Gasteiger partial charge in [0.1, 0.15) is 5.75 Å². The van der Waals surface area contributed by atoms with E-state index in [0.29, 0.717) is 0 Å². The number of ether oxygens (including phenoxy) is 1. The van der Waals surface area contributed by atoms with E-state index in [0.717, 1.165) is 44.4 Å². The van der Waals surface area contributed by atoms with Crippen LogP contribution in [0.4, 0.5) is 5.69 Å². The van der Waals surface area contributed by atoms with Crippen LogP contribution in [0.1, 0.15) is 11.6 Å². The minimum atomic E-state index is 0. The van der Waals surface area contributed by atoms with Gasteiger partial charge in [0, 0.05) is 70.3 Å². The number of halogens is 1. The van der Waals surface area contributed by atoms with E-state index in [4.69, 9.17) is 4.74 Å². The second kappa shape index (κ2) is 11.4. The Balaban J connectivity index is 0.00000320. The van der Waals surface area contributed by atoms with Crippen molar-refractivity contribution in [3.63, 3.8) is 0 Å². The number of nitrogens with one attached hydrogen (secondary N) is 1. The van der Waals surface area contributed by atoms with Crippen LogP contribution in [-0.2, 0) is 7.05 Å². The summed E-state index contributed by atoms with van der Waals surface area (Å²) < 4.78 is 7.20. The number of rotatable bonds is 6. The van der Waals surface area contributed by atoms with Crippen molar-refractivity contribution in [3.8, 4) is 5.75 Å². The van der Waals surface area contributed by atoms with Crippen LogP contribution in [0.15, 0.2) is 41.7 Å². The van der Waals surface area contributed by atoms with Crippen LogP contribution in [0.25, 0.3) is 0 Å². The maximum atomic E-state index is 5.36. The van der Waals surface area contributed by atoms with E-state index in [9.17, 15) is 0 Å². The SMILES string of the molecule is CN=C(NCC(c1cnn(C)c1)N(C)C)N1CCN(c2cccc(OC)c2)CC1.I. The molecule has 0 amide bonds. The van der Waals surface area contributed by atoms with Gasteiger partial charge in [-0.1, -0.05) is 6.07 Å². The summed E-state index contributed by atoms with van der Waals surface area (Å²) in [6.45, 7) is 4.54. The highest BCUT2D eigenvalue weighted by molar-refractivity contribution is 14.0. The van der Waals surface area contributed by atoms with Crippen molar-refractivity contribution >= 4 is 35.6 Å². The number of hydrogen-bond acceptors (Lipinski definition) is 5. The standard InChI is InChI=1S/C21H33N7O.HI/c1-22-21(23-15-20(25(2)3)17-14-24-26(4)16-17)28-11-9-27(10-12-28)18-7-6-8-19(13-18)29-5;/h6-8,13-14,16,20H,9-12,15H2,1-5H3,(H,22,23);1H. The summed E-state index contributed by atoms with van der Waals surface area (Å²) in [7, 11) is 9.69. The van der Waals surface area contributed by atoms with Crippen molar-refractivity contribution in [2.75, 3.05) is 65.9 Å². The average molecular weight is 527 g/mol. The first-order valence-corrected chi connectivity index (χ1v) is 10.0. The molecule has 8 nitrogen and oxygen atoms in total. The molecule has 1 atom stereocenters. The van der Waals surface area contributed by atoms with Crippen molar-refractivity contribution in [1.29, 1.82) is 0 Å². The molecule has 1 aliphatic rings. The Labute approximate surface area is 196 Å². The largest absolute Gasteiger partial charge is 0.497 e. The van der Waals surface area contributed by atoms with Crippen LogP contribution in [0.2, 0.25) is 0 Å². The average Bonchev–Trinajstić information content (AvgIpc) is 3.17. The van der Waals surface area contributed by atoms with E-state index in [1.165, 1.54) is 11.3 Å². The fourth-order valence-corrected chi connectivity index (χ4v) is 3.71. The van der Waals surface area contributed by atoms with Gasteiger partial charge in [0.2, 0.25) is 0 Å². The summed E-state index contributed by atoms with van der Waals surface area (Å²) in [6.07, 6.45) is 4.00. The van der Waals surface area contributed by atoms with E-state index in [1.807, 2.05) is 37.1 Å². The number of methoxy groups -OCH3 is 1. The highest BCUT2D eigenvalue weighted by Gasteiger charge is 2.22. The monoisotopic (exact) mass is 527 g/mol. The first kappa shape index (κ1) is 24.3. The third-order valence-electron chi connectivity index (χ3n) is 5.40. The molecule has 1 unspecified atom stereocenters. The number of piperazine rings is 1. The van der Waals surface area contributed by atoms with Crippen molar-refractivity contribution in [3.05, 3.63) is 42.2 Å². The van der Waals surface area contributed by atoms with Gasteiger partial charge >= 0.3 is 0 Å². The van der Waals surface area contributed by atoms with Gasteiger partial charge in [-0.15, -0.1) is 24.0 Å². The normalized spacial score (nSPS) is 15.7. The number of anilines is 1. The second-order valence-electron chi connectivity index (χ2n) is 7.53. The molecule has 30 heavy (non-hydrogen) atoms. The maximum absolute atomic E-state index is 5.36. The van der Waals surface area contributed by atoms with Crippen LogP contribution >= 0.6 is 24.0 Å². The molecule has 0 radical (unpaired) electrons. The molecule has 1 N–H and O–H groups in total. The highest BCUT2D eigenvalue weighted by Crippen LogP contribution is 2.22. The predicted octanol–water partition coefficient (Wildman–Crippen LogP) is 2.05. The van der Waals surface area contributed by atoms with E-state index in [-0.39, 0.29) is 30.0 Å². The van der Waals surface area contributed by atoms with Gasteiger partial charge in [-0.05, 0) is 26.2 Å². The molecule has 2 aromatic rings. The molecule has 1 saturated heterocycles. The number of nitrogens with zero attached hydrogens (tertiary/aromatic N) is 6. The summed E-state index contributed by atoms with van der Waals surface area (Å²) in [5.74, 6) is 1.85. The molecule has 3 rings (SSSR count). The van der Waals surface area contributed by atoms with Crippen molar-refractivity contribution in [2.24, 2.45) is 12.0 Å². The van der Waals surface area contributed by atoms with Crippen LogP contribution in [0.5, 0.6) is 5.75 Å². The fraction of sp³-hybridized carbons (Fsp3) is 0.524. The zero-order chi connectivity index (χ0) is 20.8. The molecule has 166 valence electrons. The molecule has 9 heteroatoms. The highest BCUT2D eigenvalue weighted by atomic mass is 127. The summed E-state index contributed by atoms with van der Waals surface area (Å²) >= 11 is 0. The Kier molecular flexibility index (Phi) is 9.22. The summed E-state index contributed by atoms with van der Waals surface area (Å²) in [5, 5.41) is 7.87. The lowest BCUT2D eigenvalue weighted by molar-refractivity contribution is 0.292. The molecule has 0 spiro atoms. The Hall–Kier alpha value is -2.01. The number of hydrogen-bond donors (Lipinski definition) is 1. The maximum Gasteiger partial charge on any atom is 0.193 e. The van der Waals surface area contributed by atoms with Gasteiger partial charge < -0.3 is 24.8 Å². The minimum absolute atomic E-state index is 0. The Morgan fingerprint density at radius 2 is 2.00 bits per heavy atom. The van der Waals surface area contributed by atoms with Crippen molar-refractivity contribution in [1.82, 2.24) is 24.9 Å². The molecular weight excluding hydrogens is 493 g/mol. The third kappa shape index (κ3) is 6.00. The summed E-state index contributed by atoms with van der Waals surface area (Å²) in [6, 6.07) is 8.49. The van der Waals surface area contributed by atoms with Crippen LogP contribution in [0, 0.1) is 0 Å². The number of likely N-dealkylation sites (N-methyl/N-ethyl adjacent to an activating group) is 1. The minimum Gasteiger partial charge on any atom is -0.497 e. The van der Waals surface area contributed by atoms with Gasteiger partial charge in [0.15, 0.2) is 5.96 Å².